The second-order valence-corrected chi connectivity index (χ2v) is 6.23. The summed E-state index contributed by atoms with van der Waals surface area (Å²) in [4.78, 5) is -0.0983. The number of hydrogen-bond acceptors (Lipinski definition) is 4. The van der Waals surface area contributed by atoms with Gasteiger partial charge in [-0.3, -0.25) is 4.72 Å². The summed E-state index contributed by atoms with van der Waals surface area (Å²) in [7, 11) is -2.56. The Labute approximate surface area is 126 Å². The lowest BCUT2D eigenvalue weighted by Crippen LogP contribution is -2.14. The molecule has 8 heteroatoms. The minimum absolute atomic E-state index is 0.0673. The Morgan fingerprint density at radius 3 is 2.43 bits per heavy atom. The molecule has 0 amide bonds. The number of nitrogens with two attached hydrogens (primary N) is 1. The molecule has 0 fully saturated rings. The highest BCUT2D eigenvalue weighted by atomic mass is 35.5. The van der Waals surface area contributed by atoms with Crippen LogP contribution in [0.25, 0.3) is 0 Å². The Kier molecular flexibility index (Phi) is 4.24. The normalized spacial score (nSPS) is 11.2. The predicted molar refractivity (Wildman–Crippen MR) is 79.6 cm³/mol. The molecule has 2 aromatic rings. The molecule has 0 saturated heterocycles. The Morgan fingerprint density at radius 1 is 1.24 bits per heavy atom. The highest BCUT2D eigenvalue weighted by Gasteiger charge is 2.19. The van der Waals surface area contributed by atoms with Crippen LogP contribution in [0, 0.1) is 5.82 Å². The van der Waals surface area contributed by atoms with Crippen molar-refractivity contribution in [2.45, 2.75) is 4.90 Å². The van der Waals surface area contributed by atoms with Gasteiger partial charge in [-0.25, -0.2) is 12.8 Å². The number of hydrogen-bond donors (Lipinski definition) is 2. The number of rotatable bonds is 4. The van der Waals surface area contributed by atoms with Crippen LogP contribution in [0.3, 0.4) is 0 Å². The van der Waals surface area contributed by atoms with E-state index in [0.717, 1.165) is 24.3 Å². The van der Waals surface area contributed by atoms with Gasteiger partial charge in [0.05, 0.1) is 17.0 Å². The zero-order valence-corrected chi connectivity index (χ0v) is 12.5. The molecule has 2 rings (SSSR count). The van der Waals surface area contributed by atoms with E-state index in [-0.39, 0.29) is 21.4 Å². The van der Waals surface area contributed by atoms with Crippen molar-refractivity contribution in [1.29, 1.82) is 0 Å². The summed E-state index contributed by atoms with van der Waals surface area (Å²) in [6.07, 6.45) is 0. The summed E-state index contributed by atoms with van der Waals surface area (Å²) >= 11 is 5.99. The van der Waals surface area contributed by atoms with E-state index >= 15 is 0 Å². The molecule has 0 aliphatic heterocycles. The number of anilines is 2. The minimum Gasteiger partial charge on any atom is -0.494 e. The molecule has 112 valence electrons. The van der Waals surface area contributed by atoms with Gasteiger partial charge in [-0.15, -0.1) is 0 Å². The van der Waals surface area contributed by atoms with E-state index in [1.807, 2.05) is 0 Å². The highest BCUT2D eigenvalue weighted by molar-refractivity contribution is 7.92. The summed E-state index contributed by atoms with van der Waals surface area (Å²) in [6, 6.07) is 7.23. The van der Waals surface area contributed by atoms with Crippen molar-refractivity contribution in [1.82, 2.24) is 0 Å². The van der Waals surface area contributed by atoms with Crippen LogP contribution in [0.2, 0.25) is 5.02 Å². The van der Waals surface area contributed by atoms with Gasteiger partial charge in [0, 0.05) is 11.8 Å². The molecule has 0 aliphatic rings. The minimum atomic E-state index is -3.92. The van der Waals surface area contributed by atoms with E-state index < -0.39 is 15.8 Å². The van der Waals surface area contributed by atoms with Crippen molar-refractivity contribution in [2.24, 2.45) is 0 Å². The number of halogens is 2. The molecule has 0 aromatic heterocycles. The zero-order chi connectivity index (χ0) is 15.6. The second-order valence-electron chi connectivity index (χ2n) is 4.14. The van der Waals surface area contributed by atoms with Crippen molar-refractivity contribution in [3.8, 4) is 5.75 Å². The Balaban J connectivity index is 2.44. The van der Waals surface area contributed by atoms with Crippen molar-refractivity contribution < 1.29 is 17.5 Å². The predicted octanol–water partition coefficient (Wildman–Crippen LogP) is 2.87. The second kappa shape index (κ2) is 5.79. The first-order valence-electron chi connectivity index (χ1n) is 5.75. The molecular weight excluding hydrogens is 319 g/mol. The third-order valence-electron chi connectivity index (χ3n) is 2.66. The molecule has 0 saturated carbocycles. The number of nitrogens with one attached hydrogen (secondary N) is 1. The molecule has 0 aliphatic carbocycles. The number of methoxy groups -OCH3 is 1. The van der Waals surface area contributed by atoms with Crippen LogP contribution < -0.4 is 15.2 Å². The number of ether oxygens (including phenoxy) is 1. The fraction of sp³-hybridized carbons (Fsp3) is 0.0769. The van der Waals surface area contributed by atoms with Crippen molar-refractivity contribution in [3.63, 3.8) is 0 Å². The maximum atomic E-state index is 12.9. The standard InChI is InChI=1S/C13H12ClFN2O3S/c1-20-12-7-9(16)6-11(14)13(12)17-21(18,19)10-4-2-8(15)3-5-10/h2-7,17H,16H2,1H3. The highest BCUT2D eigenvalue weighted by Crippen LogP contribution is 2.36. The molecule has 0 spiro atoms. The van der Waals surface area contributed by atoms with Gasteiger partial charge < -0.3 is 10.5 Å². The zero-order valence-electron chi connectivity index (χ0n) is 10.9. The summed E-state index contributed by atoms with van der Waals surface area (Å²) in [6.45, 7) is 0. The van der Waals surface area contributed by atoms with Crippen molar-refractivity contribution in [3.05, 3.63) is 47.2 Å². The molecule has 5 nitrogen and oxygen atoms in total. The fourth-order valence-electron chi connectivity index (χ4n) is 1.67. The molecule has 2 aromatic carbocycles. The van der Waals surface area contributed by atoms with E-state index in [4.69, 9.17) is 22.1 Å². The first-order chi connectivity index (χ1) is 9.83. The third kappa shape index (κ3) is 3.37. The van der Waals surface area contributed by atoms with Gasteiger partial charge in [-0.2, -0.15) is 0 Å². The van der Waals surface area contributed by atoms with Gasteiger partial charge in [0.15, 0.2) is 0 Å². The van der Waals surface area contributed by atoms with Crippen molar-refractivity contribution in [2.75, 3.05) is 17.6 Å². The molecule has 3 N–H and O–H groups in total. The molecule has 0 bridgehead atoms. The van der Waals surface area contributed by atoms with Gasteiger partial charge in [-0.05, 0) is 30.3 Å². The first-order valence-corrected chi connectivity index (χ1v) is 7.61. The van der Waals surface area contributed by atoms with Gasteiger partial charge in [0.1, 0.15) is 17.3 Å². The van der Waals surface area contributed by atoms with E-state index in [1.165, 1.54) is 19.2 Å². The summed E-state index contributed by atoms with van der Waals surface area (Å²) in [5.41, 5.74) is 6.01. The summed E-state index contributed by atoms with van der Waals surface area (Å²) < 4.78 is 44.7. The van der Waals surface area contributed by atoms with Gasteiger partial charge in [0.2, 0.25) is 0 Å². The van der Waals surface area contributed by atoms with Crippen LogP contribution in [0.5, 0.6) is 5.75 Å². The average Bonchev–Trinajstić information content (AvgIpc) is 2.42. The maximum absolute atomic E-state index is 12.9. The molecular formula is C13H12ClFN2O3S. The SMILES string of the molecule is COc1cc(N)cc(Cl)c1NS(=O)(=O)c1ccc(F)cc1. The van der Waals surface area contributed by atoms with E-state index in [2.05, 4.69) is 4.72 Å². The smallest absolute Gasteiger partial charge is 0.262 e. The van der Waals surface area contributed by atoms with E-state index in [0.29, 0.717) is 5.69 Å². The van der Waals surface area contributed by atoms with Gasteiger partial charge in [0.25, 0.3) is 10.0 Å². The monoisotopic (exact) mass is 330 g/mol. The van der Waals surface area contributed by atoms with Crippen LogP contribution in [0.4, 0.5) is 15.8 Å². The van der Waals surface area contributed by atoms with Crippen LogP contribution in [-0.4, -0.2) is 15.5 Å². The quantitative estimate of drug-likeness (QED) is 0.845. The van der Waals surface area contributed by atoms with Gasteiger partial charge in [-0.1, -0.05) is 11.6 Å². The van der Waals surface area contributed by atoms with Crippen molar-refractivity contribution >= 4 is 33.0 Å². The van der Waals surface area contributed by atoms with E-state index in [1.54, 1.807) is 0 Å². The molecule has 0 atom stereocenters. The Morgan fingerprint density at radius 2 is 1.86 bits per heavy atom. The fourth-order valence-corrected chi connectivity index (χ4v) is 3.08. The third-order valence-corrected chi connectivity index (χ3v) is 4.32. The number of sulfonamides is 1. The molecule has 21 heavy (non-hydrogen) atoms. The van der Waals surface area contributed by atoms with Crippen LogP contribution in [0.1, 0.15) is 0 Å². The number of benzene rings is 2. The average molecular weight is 331 g/mol. The lowest BCUT2D eigenvalue weighted by Gasteiger charge is -2.14. The summed E-state index contributed by atoms with van der Waals surface area (Å²) in [5, 5.41) is 0.0949. The van der Waals surface area contributed by atoms with Crippen LogP contribution >= 0.6 is 11.6 Å². The lowest BCUT2D eigenvalue weighted by molar-refractivity contribution is 0.417. The topological polar surface area (TPSA) is 81.4 Å². The number of nitrogen functional groups attached to an aromatic ring is 1. The van der Waals surface area contributed by atoms with E-state index in [9.17, 15) is 12.8 Å². The van der Waals surface area contributed by atoms with Crippen LogP contribution in [-0.2, 0) is 10.0 Å². The Hall–Kier alpha value is -1.99. The lowest BCUT2D eigenvalue weighted by atomic mass is 10.2. The van der Waals surface area contributed by atoms with Crippen LogP contribution in [0.15, 0.2) is 41.3 Å². The Bertz CT molecular complexity index is 764. The maximum Gasteiger partial charge on any atom is 0.262 e. The molecule has 0 unspecified atom stereocenters. The summed E-state index contributed by atoms with van der Waals surface area (Å²) in [5.74, 6) is -0.345. The first kappa shape index (κ1) is 15.4. The largest absolute Gasteiger partial charge is 0.494 e. The molecule has 0 heterocycles. The van der Waals surface area contributed by atoms with Gasteiger partial charge >= 0.3 is 0 Å². The molecule has 0 radical (unpaired) electrons.